The van der Waals surface area contributed by atoms with Crippen LogP contribution in [0.4, 0.5) is 10.2 Å². The first-order valence-corrected chi connectivity index (χ1v) is 12.0. The molecular weight excluding hydrogens is 457 g/mol. The van der Waals surface area contributed by atoms with Crippen molar-refractivity contribution in [2.24, 2.45) is 5.92 Å². The minimum Gasteiger partial charge on any atom is -0.369 e. The summed E-state index contributed by atoms with van der Waals surface area (Å²) >= 11 is 0. The quantitative estimate of drug-likeness (QED) is 0.446. The van der Waals surface area contributed by atoms with Gasteiger partial charge >= 0.3 is 0 Å². The van der Waals surface area contributed by atoms with Gasteiger partial charge in [0.1, 0.15) is 11.6 Å². The molecule has 2 N–H and O–H groups in total. The first-order chi connectivity index (χ1) is 17.6. The SMILES string of the molecule is N#Cc1ccccc1-c1ccc(C(=O)NC[C@@H]2CCCN(C=O)C2)c(NCCc2cccc(F)c2)n1. The maximum Gasteiger partial charge on any atom is 0.255 e. The number of anilines is 1. The summed E-state index contributed by atoms with van der Waals surface area (Å²) < 4.78 is 13.6. The largest absolute Gasteiger partial charge is 0.369 e. The zero-order valence-corrected chi connectivity index (χ0v) is 19.9. The van der Waals surface area contributed by atoms with Crippen LogP contribution in [-0.2, 0) is 11.2 Å². The predicted octanol–water partition coefficient (Wildman–Crippen LogP) is 4.01. The summed E-state index contributed by atoms with van der Waals surface area (Å²) in [7, 11) is 0. The molecule has 2 amide bonds. The van der Waals surface area contributed by atoms with Gasteiger partial charge in [-0.1, -0.05) is 30.3 Å². The second-order valence-electron chi connectivity index (χ2n) is 8.88. The molecule has 0 aliphatic carbocycles. The third-order valence-electron chi connectivity index (χ3n) is 6.31. The van der Waals surface area contributed by atoms with Crippen LogP contribution in [0.25, 0.3) is 11.3 Å². The lowest BCUT2D eigenvalue weighted by Crippen LogP contribution is -2.40. The smallest absolute Gasteiger partial charge is 0.255 e. The number of nitriles is 1. The maximum absolute atomic E-state index is 13.6. The van der Waals surface area contributed by atoms with E-state index in [1.807, 2.05) is 18.2 Å². The number of benzene rings is 2. The van der Waals surface area contributed by atoms with Crippen LogP contribution in [0.2, 0.25) is 0 Å². The number of amides is 2. The standard InChI is InChI=1S/C28H28FN5O2/c29-23-8-3-5-20(15-23)12-13-31-27-25(28(36)32-17-21-6-4-14-34(18-21)19-35)10-11-26(33-27)24-9-2-1-7-22(24)16-30/h1-3,5,7-11,15,19,21H,4,6,12-14,17-18H2,(H,31,33)(H,32,36)/t21-/m0/s1. The van der Waals surface area contributed by atoms with Gasteiger partial charge in [0.25, 0.3) is 5.91 Å². The van der Waals surface area contributed by atoms with Crippen LogP contribution < -0.4 is 10.6 Å². The van der Waals surface area contributed by atoms with Crippen LogP contribution in [0.1, 0.15) is 34.3 Å². The Morgan fingerprint density at radius 2 is 2.06 bits per heavy atom. The highest BCUT2D eigenvalue weighted by molar-refractivity contribution is 5.99. The van der Waals surface area contributed by atoms with E-state index in [-0.39, 0.29) is 17.6 Å². The van der Waals surface area contributed by atoms with E-state index < -0.39 is 0 Å². The Hall–Kier alpha value is -4.25. The third-order valence-corrected chi connectivity index (χ3v) is 6.31. The van der Waals surface area contributed by atoms with Gasteiger partial charge in [-0.3, -0.25) is 9.59 Å². The molecular formula is C28H28FN5O2. The molecule has 1 atom stereocenters. The summed E-state index contributed by atoms with van der Waals surface area (Å²) in [6, 6.07) is 19.2. The van der Waals surface area contributed by atoms with Crippen LogP contribution in [0.15, 0.2) is 60.7 Å². The first-order valence-electron chi connectivity index (χ1n) is 12.0. The van der Waals surface area contributed by atoms with Gasteiger partial charge in [0.15, 0.2) is 0 Å². The molecule has 0 unspecified atom stereocenters. The fourth-order valence-corrected chi connectivity index (χ4v) is 4.44. The van der Waals surface area contributed by atoms with E-state index in [1.165, 1.54) is 12.1 Å². The van der Waals surface area contributed by atoms with E-state index >= 15 is 0 Å². The molecule has 0 saturated carbocycles. The van der Waals surface area contributed by atoms with Gasteiger partial charge in [-0.15, -0.1) is 0 Å². The van der Waals surface area contributed by atoms with E-state index in [4.69, 9.17) is 0 Å². The number of halogens is 1. The number of rotatable bonds is 9. The van der Waals surface area contributed by atoms with Crippen molar-refractivity contribution >= 4 is 18.1 Å². The lowest BCUT2D eigenvalue weighted by atomic mass is 9.98. The van der Waals surface area contributed by atoms with Crippen molar-refractivity contribution in [3.8, 4) is 17.3 Å². The van der Waals surface area contributed by atoms with Crippen LogP contribution in [0.5, 0.6) is 0 Å². The zero-order valence-electron chi connectivity index (χ0n) is 19.9. The highest BCUT2D eigenvalue weighted by Crippen LogP contribution is 2.25. The number of nitrogens with one attached hydrogen (secondary N) is 2. The maximum atomic E-state index is 13.6. The van der Waals surface area contributed by atoms with Crippen molar-refractivity contribution in [2.75, 3.05) is 31.5 Å². The Morgan fingerprint density at radius 1 is 1.19 bits per heavy atom. The van der Waals surface area contributed by atoms with Crippen molar-refractivity contribution in [2.45, 2.75) is 19.3 Å². The monoisotopic (exact) mass is 485 g/mol. The molecule has 1 fully saturated rings. The molecule has 0 spiro atoms. The molecule has 2 aromatic carbocycles. The van der Waals surface area contributed by atoms with Gasteiger partial charge < -0.3 is 15.5 Å². The highest BCUT2D eigenvalue weighted by Gasteiger charge is 2.21. The Labute approximate surface area is 210 Å². The summed E-state index contributed by atoms with van der Waals surface area (Å²) in [6.07, 6.45) is 3.27. The highest BCUT2D eigenvalue weighted by atomic mass is 19.1. The Bertz CT molecular complexity index is 1270. The average molecular weight is 486 g/mol. The number of pyridine rings is 1. The van der Waals surface area contributed by atoms with Crippen molar-refractivity contribution in [1.29, 1.82) is 5.26 Å². The molecule has 0 bridgehead atoms. The van der Waals surface area contributed by atoms with Crippen molar-refractivity contribution in [3.05, 3.63) is 83.2 Å². The molecule has 0 radical (unpaired) electrons. The Kier molecular flexibility index (Phi) is 8.24. The van der Waals surface area contributed by atoms with Crippen LogP contribution in [0, 0.1) is 23.1 Å². The summed E-state index contributed by atoms with van der Waals surface area (Å²) in [5, 5.41) is 15.7. The number of carbonyl (C=O) groups is 2. The van der Waals surface area contributed by atoms with Gasteiger partial charge in [0.05, 0.1) is 22.9 Å². The molecule has 8 heteroatoms. The number of nitrogens with zero attached hydrogens (tertiary/aromatic N) is 3. The van der Waals surface area contributed by atoms with Crippen LogP contribution >= 0.6 is 0 Å². The number of aromatic nitrogens is 1. The van der Waals surface area contributed by atoms with Gasteiger partial charge in [-0.25, -0.2) is 9.37 Å². The number of carbonyl (C=O) groups excluding carboxylic acids is 2. The molecule has 184 valence electrons. The summed E-state index contributed by atoms with van der Waals surface area (Å²) in [4.78, 5) is 30.7. The van der Waals surface area contributed by atoms with Gasteiger partial charge in [-0.05, 0) is 61.1 Å². The number of piperidine rings is 1. The summed E-state index contributed by atoms with van der Waals surface area (Å²) in [5.74, 6) is 0.0371. The molecule has 3 aromatic rings. The Balaban J connectivity index is 1.53. The molecule has 2 heterocycles. The summed E-state index contributed by atoms with van der Waals surface area (Å²) in [6.45, 7) is 2.29. The second kappa shape index (κ2) is 11.9. The first kappa shape index (κ1) is 24.9. The molecule has 1 saturated heterocycles. The molecule has 1 aromatic heterocycles. The molecule has 1 aliphatic rings. The average Bonchev–Trinajstić information content (AvgIpc) is 2.92. The van der Waals surface area contributed by atoms with E-state index in [1.54, 1.807) is 35.2 Å². The molecule has 1 aliphatic heterocycles. The van der Waals surface area contributed by atoms with E-state index in [9.17, 15) is 19.2 Å². The molecule has 7 nitrogen and oxygen atoms in total. The third kappa shape index (κ3) is 6.25. The molecule has 36 heavy (non-hydrogen) atoms. The summed E-state index contributed by atoms with van der Waals surface area (Å²) in [5.41, 5.74) is 2.96. The van der Waals surface area contributed by atoms with E-state index in [0.717, 1.165) is 31.4 Å². The fraction of sp³-hybridized carbons (Fsp3) is 0.286. The van der Waals surface area contributed by atoms with Gasteiger partial charge in [0, 0.05) is 31.7 Å². The number of hydrogen-bond donors (Lipinski definition) is 2. The van der Waals surface area contributed by atoms with Crippen molar-refractivity contribution in [1.82, 2.24) is 15.2 Å². The molecule has 4 rings (SSSR count). The predicted molar refractivity (Wildman–Crippen MR) is 136 cm³/mol. The zero-order chi connectivity index (χ0) is 25.3. The lowest BCUT2D eigenvalue weighted by molar-refractivity contribution is -0.119. The van der Waals surface area contributed by atoms with Crippen LogP contribution in [-0.4, -0.2) is 48.4 Å². The van der Waals surface area contributed by atoms with Crippen LogP contribution in [0.3, 0.4) is 0 Å². The topological polar surface area (TPSA) is 98.1 Å². The van der Waals surface area contributed by atoms with Gasteiger partial charge in [-0.2, -0.15) is 5.26 Å². The number of hydrogen-bond acceptors (Lipinski definition) is 5. The van der Waals surface area contributed by atoms with E-state index in [0.29, 0.717) is 54.3 Å². The normalized spacial score (nSPS) is 15.1. The number of likely N-dealkylation sites (tertiary alicyclic amines) is 1. The lowest BCUT2D eigenvalue weighted by Gasteiger charge is -2.30. The second-order valence-corrected chi connectivity index (χ2v) is 8.88. The van der Waals surface area contributed by atoms with E-state index in [2.05, 4.69) is 21.7 Å². The van der Waals surface area contributed by atoms with Crippen molar-refractivity contribution in [3.63, 3.8) is 0 Å². The Morgan fingerprint density at radius 3 is 2.86 bits per heavy atom. The minimum absolute atomic E-state index is 0.201. The fourth-order valence-electron chi connectivity index (χ4n) is 4.44. The minimum atomic E-state index is -0.295. The van der Waals surface area contributed by atoms with Gasteiger partial charge in [0.2, 0.25) is 6.41 Å². The van der Waals surface area contributed by atoms with Crippen molar-refractivity contribution < 1.29 is 14.0 Å².